The van der Waals surface area contributed by atoms with Gasteiger partial charge in [0, 0.05) is 50.1 Å². The van der Waals surface area contributed by atoms with E-state index in [1.165, 1.54) is 0 Å². The molecule has 44 heavy (non-hydrogen) atoms. The van der Waals surface area contributed by atoms with Crippen molar-refractivity contribution in [2.24, 2.45) is 5.92 Å². The fraction of sp³-hybridized carbons (Fsp3) is 0.545. The Morgan fingerprint density at radius 3 is 2.43 bits per heavy atom. The van der Waals surface area contributed by atoms with E-state index >= 15 is 0 Å². The van der Waals surface area contributed by atoms with E-state index in [0.717, 1.165) is 19.3 Å². The molecule has 2 aromatic carbocycles. The third-order valence-corrected chi connectivity index (χ3v) is 7.55. The topological polar surface area (TPSA) is 132 Å². The first-order chi connectivity index (χ1) is 21.0. The molecule has 0 unspecified atom stereocenters. The number of carbonyl (C=O) groups is 3. The van der Waals surface area contributed by atoms with Crippen LogP contribution >= 0.6 is 0 Å². The lowest BCUT2D eigenvalue weighted by Crippen LogP contribution is -2.49. The van der Waals surface area contributed by atoms with Crippen molar-refractivity contribution in [2.45, 2.75) is 78.2 Å². The van der Waals surface area contributed by atoms with Gasteiger partial charge in [-0.25, -0.2) is 9.59 Å². The summed E-state index contributed by atoms with van der Waals surface area (Å²) in [7, 11) is 1.73. The van der Waals surface area contributed by atoms with E-state index in [9.17, 15) is 19.5 Å². The van der Waals surface area contributed by atoms with Crippen LogP contribution in [-0.4, -0.2) is 90.5 Å². The van der Waals surface area contributed by atoms with Crippen LogP contribution in [0.3, 0.4) is 0 Å². The number of benzene rings is 2. The summed E-state index contributed by atoms with van der Waals surface area (Å²) in [6, 6.07) is 12.9. The quantitative estimate of drug-likeness (QED) is 0.341. The van der Waals surface area contributed by atoms with Gasteiger partial charge in [0.1, 0.15) is 5.75 Å². The molecule has 0 spiro atoms. The number of anilines is 2. The maximum absolute atomic E-state index is 14.2. The maximum Gasteiger partial charge on any atom is 0.323 e. The summed E-state index contributed by atoms with van der Waals surface area (Å²) in [5, 5.41) is 18.6. The Morgan fingerprint density at radius 1 is 1.05 bits per heavy atom. The summed E-state index contributed by atoms with van der Waals surface area (Å²) in [5.41, 5.74) is 1.34. The highest BCUT2D eigenvalue weighted by molar-refractivity contribution is 6.02. The Kier molecular flexibility index (Phi) is 13.3. The van der Waals surface area contributed by atoms with Crippen LogP contribution in [0.2, 0.25) is 0 Å². The zero-order valence-corrected chi connectivity index (χ0v) is 26.8. The molecule has 11 heteroatoms. The van der Waals surface area contributed by atoms with Gasteiger partial charge in [-0.05, 0) is 77.3 Å². The second-order valence-electron chi connectivity index (χ2n) is 11.9. The normalized spacial score (nSPS) is 20.5. The van der Waals surface area contributed by atoms with Crippen molar-refractivity contribution >= 4 is 29.3 Å². The molecule has 0 saturated carbocycles. The highest BCUT2D eigenvalue weighted by Gasteiger charge is 2.31. The molecule has 0 radical (unpaired) electrons. The number of fused-ring (bicyclic) bond motifs is 1. The minimum Gasteiger partial charge on any atom is -0.490 e. The second-order valence-corrected chi connectivity index (χ2v) is 11.9. The van der Waals surface area contributed by atoms with Gasteiger partial charge in [0.25, 0.3) is 5.91 Å². The standard InChI is InChI=1S/C33H49N5O6/c1-22(2)34-33(42)37(6)20-30-23(3)19-38(24(4)21-39)31(40)28-18-27(36-32(41)35-26-13-8-7-9-14-26)15-16-29(28)44-25(5)12-10-11-17-43-30/h7-9,13-16,18,22-25,30,39H,10-12,17,19-21H2,1-6H3,(H,34,42)(H2,35,36,41)/t23-,24+,25-,30-/m0/s1. The van der Waals surface area contributed by atoms with Crippen molar-refractivity contribution in [2.75, 3.05) is 44.0 Å². The average Bonchev–Trinajstić information content (AvgIpc) is 2.98. The van der Waals surface area contributed by atoms with E-state index in [1.807, 2.05) is 45.9 Å². The molecule has 11 nitrogen and oxygen atoms in total. The zero-order chi connectivity index (χ0) is 32.2. The van der Waals surface area contributed by atoms with Crippen molar-refractivity contribution in [3.8, 4) is 5.75 Å². The van der Waals surface area contributed by atoms with E-state index in [-0.39, 0.29) is 54.8 Å². The number of aliphatic hydroxyl groups excluding tert-OH is 1. The Balaban J connectivity index is 1.91. The number of carbonyl (C=O) groups excluding carboxylic acids is 3. The molecule has 3 rings (SSSR count). The van der Waals surface area contributed by atoms with Crippen molar-refractivity contribution < 1.29 is 29.0 Å². The van der Waals surface area contributed by atoms with Gasteiger partial charge in [0.2, 0.25) is 0 Å². The van der Waals surface area contributed by atoms with Crippen LogP contribution in [0.4, 0.5) is 21.0 Å². The molecule has 0 aliphatic carbocycles. The van der Waals surface area contributed by atoms with Gasteiger partial charge in [0.15, 0.2) is 0 Å². The van der Waals surface area contributed by atoms with E-state index < -0.39 is 12.1 Å². The van der Waals surface area contributed by atoms with Gasteiger partial charge in [-0.15, -0.1) is 0 Å². The largest absolute Gasteiger partial charge is 0.490 e. The molecule has 0 saturated heterocycles. The Labute approximate surface area is 261 Å². The first-order valence-corrected chi connectivity index (χ1v) is 15.5. The molecule has 1 aliphatic heterocycles. The Hall–Kier alpha value is -3.83. The average molecular weight is 612 g/mol. The number of hydrogen-bond donors (Lipinski definition) is 4. The predicted molar refractivity (Wildman–Crippen MR) is 172 cm³/mol. The van der Waals surface area contributed by atoms with E-state index in [1.54, 1.807) is 54.1 Å². The second kappa shape index (κ2) is 16.9. The minimum atomic E-state index is -0.510. The van der Waals surface area contributed by atoms with Crippen LogP contribution in [-0.2, 0) is 4.74 Å². The van der Waals surface area contributed by atoms with Crippen molar-refractivity contribution in [1.29, 1.82) is 0 Å². The van der Waals surface area contributed by atoms with E-state index in [0.29, 0.717) is 30.3 Å². The third kappa shape index (κ3) is 10.4. The molecule has 5 amide bonds. The van der Waals surface area contributed by atoms with Gasteiger partial charge in [0.05, 0.1) is 30.4 Å². The number of urea groups is 2. The monoisotopic (exact) mass is 611 g/mol. The number of aliphatic hydroxyl groups is 1. The maximum atomic E-state index is 14.2. The van der Waals surface area contributed by atoms with Crippen LogP contribution in [0, 0.1) is 5.92 Å². The number of para-hydroxylation sites is 1. The van der Waals surface area contributed by atoms with Gasteiger partial charge in [-0.1, -0.05) is 25.1 Å². The fourth-order valence-electron chi connectivity index (χ4n) is 4.99. The van der Waals surface area contributed by atoms with E-state index in [4.69, 9.17) is 9.47 Å². The van der Waals surface area contributed by atoms with Crippen LogP contribution < -0.4 is 20.7 Å². The molecule has 1 heterocycles. The molecule has 242 valence electrons. The smallest absolute Gasteiger partial charge is 0.323 e. The molecule has 0 fully saturated rings. The fourth-order valence-corrected chi connectivity index (χ4v) is 4.99. The van der Waals surface area contributed by atoms with Gasteiger partial charge in [-0.2, -0.15) is 0 Å². The first kappa shape index (κ1) is 34.7. The first-order valence-electron chi connectivity index (χ1n) is 15.5. The van der Waals surface area contributed by atoms with Gasteiger partial charge < -0.3 is 40.3 Å². The molecule has 4 N–H and O–H groups in total. The summed E-state index contributed by atoms with van der Waals surface area (Å²) >= 11 is 0. The third-order valence-electron chi connectivity index (χ3n) is 7.55. The molecule has 4 atom stereocenters. The van der Waals surface area contributed by atoms with Crippen LogP contribution in [0.1, 0.15) is 64.2 Å². The highest BCUT2D eigenvalue weighted by Crippen LogP contribution is 2.28. The summed E-state index contributed by atoms with van der Waals surface area (Å²) < 4.78 is 12.6. The molecule has 2 aromatic rings. The molecule has 1 aliphatic rings. The van der Waals surface area contributed by atoms with Crippen LogP contribution in [0.25, 0.3) is 0 Å². The van der Waals surface area contributed by atoms with E-state index in [2.05, 4.69) is 16.0 Å². The summed E-state index contributed by atoms with van der Waals surface area (Å²) in [6.45, 7) is 10.4. The number of nitrogens with zero attached hydrogens (tertiary/aromatic N) is 2. The number of likely N-dealkylation sites (N-methyl/N-ethyl adjacent to an activating group) is 1. The SMILES string of the molecule is CC(C)NC(=O)N(C)C[C@@H]1OCCCC[C@H](C)Oc2ccc(NC(=O)Nc3ccccc3)cc2C(=O)N([C@H](C)CO)C[C@@H]1C. The van der Waals surface area contributed by atoms with Crippen LogP contribution in [0.5, 0.6) is 5.75 Å². The number of nitrogens with one attached hydrogen (secondary N) is 3. The highest BCUT2D eigenvalue weighted by atomic mass is 16.5. The summed E-state index contributed by atoms with van der Waals surface area (Å²) in [4.78, 5) is 42.8. The lowest BCUT2D eigenvalue weighted by Gasteiger charge is -2.36. The zero-order valence-electron chi connectivity index (χ0n) is 26.8. The molecule has 0 bridgehead atoms. The van der Waals surface area contributed by atoms with Crippen molar-refractivity contribution in [3.05, 3.63) is 54.1 Å². The van der Waals surface area contributed by atoms with Crippen molar-refractivity contribution in [3.63, 3.8) is 0 Å². The van der Waals surface area contributed by atoms with Gasteiger partial charge >= 0.3 is 12.1 Å². The lowest BCUT2D eigenvalue weighted by atomic mass is 10.0. The molecular weight excluding hydrogens is 562 g/mol. The molecule has 0 aromatic heterocycles. The number of ether oxygens (including phenoxy) is 2. The number of amides is 5. The predicted octanol–water partition coefficient (Wildman–Crippen LogP) is 5.18. The minimum absolute atomic E-state index is 0.00104. The van der Waals surface area contributed by atoms with Gasteiger partial charge in [-0.3, -0.25) is 4.79 Å². The summed E-state index contributed by atoms with van der Waals surface area (Å²) in [5.74, 6) is -0.102. The summed E-state index contributed by atoms with van der Waals surface area (Å²) in [6.07, 6.45) is 1.92. The Morgan fingerprint density at radius 2 is 1.75 bits per heavy atom. The van der Waals surface area contributed by atoms with Crippen molar-refractivity contribution in [1.82, 2.24) is 15.1 Å². The lowest BCUT2D eigenvalue weighted by molar-refractivity contribution is -0.0122. The number of rotatable bonds is 7. The van der Waals surface area contributed by atoms with Crippen LogP contribution in [0.15, 0.2) is 48.5 Å². The number of hydrogen-bond acceptors (Lipinski definition) is 6. The Bertz CT molecular complexity index is 1230. The molecular formula is C33H49N5O6.